The van der Waals surface area contributed by atoms with E-state index in [9.17, 15) is 0 Å². The summed E-state index contributed by atoms with van der Waals surface area (Å²) in [6.45, 7) is 2.17. The van der Waals surface area contributed by atoms with Gasteiger partial charge in [-0.2, -0.15) is 0 Å². The molecule has 0 amide bonds. The van der Waals surface area contributed by atoms with Crippen LogP contribution in [0.1, 0.15) is 13.3 Å². The lowest BCUT2D eigenvalue weighted by Gasteiger charge is -2.19. The third-order valence-corrected chi connectivity index (χ3v) is 3.91. The van der Waals surface area contributed by atoms with Crippen LogP contribution in [0.5, 0.6) is 0 Å². The monoisotopic (exact) mass is 326 g/mol. The predicted octanol–water partition coefficient (Wildman–Crippen LogP) is 4.30. The molecule has 1 heterocycles. The van der Waals surface area contributed by atoms with Gasteiger partial charge >= 0.3 is 0 Å². The van der Waals surface area contributed by atoms with Gasteiger partial charge in [-0.15, -0.1) is 0 Å². The Morgan fingerprint density at radius 2 is 2.31 bits per heavy atom. The SMILES string of the molecule is CC1C=COC(C(I)C2=CCC=CC=C2)=C1. The normalized spacial score (nSPS) is 25.5. The van der Waals surface area contributed by atoms with E-state index in [1.807, 2.05) is 0 Å². The number of halogens is 1. The molecule has 0 radical (unpaired) electrons. The second-order valence-corrected chi connectivity index (χ2v) is 5.21. The van der Waals surface area contributed by atoms with Crippen LogP contribution in [0.15, 0.2) is 60.1 Å². The van der Waals surface area contributed by atoms with E-state index in [2.05, 4.69) is 72.0 Å². The van der Waals surface area contributed by atoms with E-state index in [1.54, 1.807) is 6.26 Å². The van der Waals surface area contributed by atoms with E-state index in [4.69, 9.17) is 4.74 Å². The molecule has 84 valence electrons. The lowest BCUT2D eigenvalue weighted by molar-refractivity contribution is 0.331. The van der Waals surface area contributed by atoms with Crippen molar-refractivity contribution in [2.45, 2.75) is 17.3 Å². The lowest BCUT2D eigenvalue weighted by atomic mass is 10.0. The number of hydrogen-bond donors (Lipinski definition) is 0. The fourth-order valence-corrected chi connectivity index (χ4v) is 2.50. The van der Waals surface area contributed by atoms with E-state index in [0.717, 1.165) is 12.2 Å². The van der Waals surface area contributed by atoms with Gasteiger partial charge in [0.15, 0.2) is 0 Å². The van der Waals surface area contributed by atoms with Crippen LogP contribution >= 0.6 is 22.6 Å². The Hall–Kier alpha value is -0.770. The summed E-state index contributed by atoms with van der Waals surface area (Å²) in [4.78, 5) is 0. The van der Waals surface area contributed by atoms with Crippen LogP contribution in [0.4, 0.5) is 0 Å². The fraction of sp³-hybridized carbons (Fsp3) is 0.286. The summed E-state index contributed by atoms with van der Waals surface area (Å²) in [6.07, 6.45) is 17.8. The van der Waals surface area contributed by atoms with Gasteiger partial charge in [0.05, 0.1) is 10.2 Å². The van der Waals surface area contributed by atoms with Crippen molar-refractivity contribution in [1.29, 1.82) is 0 Å². The molecule has 0 fully saturated rings. The summed E-state index contributed by atoms with van der Waals surface area (Å²) in [5.74, 6) is 1.52. The third kappa shape index (κ3) is 2.88. The van der Waals surface area contributed by atoms with E-state index in [1.165, 1.54) is 5.57 Å². The van der Waals surface area contributed by atoms with Crippen LogP contribution in [-0.2, 0) is 4.74 Å². The zero-order valence-electron chi connectivity index (χ0n) is 9.27. The smallest absolute Gasteiger partial charge is 0.117 e. The molecule has 2 rings (SSSR count). The molecule has 0 spiro atoms. The van der Waals surface area contributed by atoms with E-state index < -0.39 is 0 Å². The van der Waals surface area contributed by atoms with E-state index in [-0.39, 0.29) is 0 Å². The summed E-state index contributed by atoms with van der Waals surface area (Å²) < 4.78 is 5.89. The molecule has 0 saturated carbocycles. The molecule has 2 aliphatic rings. The van der Waals surface area contributed by atoms with Gasteiger partial charge in [-0.1, -0.05) is 59.9 Å². The van der Waals surface area contributed by atoms with Gasteiger partial charge in [0, 0.05) is 0 Å². The molecule has 0 N–H and O–H groups in total. The standard InChI is InChI=1S/C14H15IO/c1-11-8-9-16-13(10-11)14(15)12-6-4-2-3-5-7-12/h2-4,6-11,14H,5H2,1H3. The maximum atomic E-state index is 5.58. The topological polar surface area (TPSA) is 9.23 Å². The van der Waals surface area contributed by atoms with Crippen molar-refractivity contribution >= 4 is 22.6 Å². The number of allylic oxidation sites excluding steroid dienone is 8. The molecule has 1 aliphatic carbocycles. The average molecular weight is 326 g/mol. The first-order valence-corrected chi connectivity index (χ1v) is 6.74. The van der Waals surface area contributed by atoms with Crippen molar-refractivity contribution in [3.05, 3.63) is 60.1 Å². The third-order valence-electron chi connectivity index (χ3n) is 2.58. The molecular weight excluding hydrogens is 311 g/mol. The van der Waals surface area contributed by atoms with Gasteiger partial charge in [0.2, 0.25) is 0 Å². The van der Waals surface area contributed by atoms with Crippen LogP contribution in [-0.4, -0.2) is 3.92 Å². The molecule has 2 unspecified atom stereocenters. The molecule has 0 bridgehead atoms. The Morgan fingerprint density at radius 1 is 1.44 bits per heavy atom. The minimum absolute atomic E-state index is 0.307. The molecule has 0 aromatic rings. The highest BCUT2D eigenvalue weighted by Gasteiger charge is 2.17. The minimum Gasteiger partial charge on any atom is -0.469 e. The Morgan fingerprint density at radius 3 is 3.12 bits per heavy atom. The molecule has 2 atom stereocenters. The first-order valence-electron chi connectivity index (χ1n) is 5.50. The number of ether oxygens (including phenoxy) is 1. The van der Waals surface area contributed by atoms with Crippen molar-refractivity contribution in [2.24, 2.45) is 5.92 Å². The highest BCUT2D eigenvalue weighted by atomic mass is 127. The van der Waals surface area contributed by atoms with Gasteiger partial charge in [0.1, 0.15) is 5.76 Å². The minimum atomic E-state index is 0.307. The van der Waals surface area contributed by atoms with Gasteiger partial charge in [0.25, 0.3) is 0 Å². The van der Waals surface area contributed by atoms with Crippen LogP contribution in [0.3, 0.4) is 0 Å². The quantitative estimate of drug-likeness (QED) is 0.543. The molecule has 0 aromatic heterocycles. The Labute approximate surface area is 110 Å². The number of alkyl halides is 1. The largest absolute Gasteiger partial charge is 0.469 e. The maximum Gasteiger partial charge on any atom is 0.117 e. The number of hydrogen-bond acceptors (Lipinski definition) is 1. The summed E-state index contributed by atoms with van der Waals surface area (Å²) in [7, 11) is 0. The average Bonchev–Trinajstić information content (AvgIpc) is 2.56. The van der Waals surface area contributed by atoms with Crippen LogP contribution in [0.25, 0.3) is 0 Å². The second-order valence-electron chi connectivity index (χ2n) is 3.96. The second kappa shape index (κ2) is 5.53. The summed E-state index contributed by atoms with van der Waals surface area (Å²) >= 11 is 2.43. The van der Waals surface area contributed by atoms with Gasteiger partial charge < -0.3 is 4.74 Å². The maximum absolute atomic E-state index is 5.58. The molecule has 2 heteroatoms. The highest BCUT2D eigenvalue weighted by Crippen LogP contribution is 2.28. The summed E-state index contributed by atoms with van der Waals surface area (Å²) in [5.41, 5.74) is 1.32. The Balaban J connectivity index is 2.13. The molecule has 16 heavy (non-hydrogen) atoms. The summed E-state index contributed by atoms with van der Waals surface area (Å²) in [5, 5.41) is 0. The lowest BCUT2D eigenvalue weighted by Crippen LogP contribution is -2.10. The Bertz CT molecular complexity index is 399. The zero-order chi connectivity index (χ0) is 11.4. The molecule has 1 aliphatic heterocycles. The fourth-order valence-electron chi connectivity index (χ4n) is 1.69. The molecule has 1 nitrogen and oxygen atoms in total. The number of rotatable bonds is 2. The summed E-state index contributed by atoms with van der Waals surface area (Å²) in [6, 6.07) is 0. The highest BCUT2D eigenvalue weighted by molar-refractivity contribution is 14.1. The van der Waals surface area contributed by atoms with Gasteiger partial charge in [-0.05, 0) is 30.1 Å². The van der Waals surface area contributed by atoms with Crippen molar-refractivity contribution in [2.75, 3.05) is 0 Å². The van der Waals surface area contributed by atoms with Crippen LogP contribution < -0.4 is 0 Å². The first kappa shape index (κ1) is 11.7. The van der Waals surface area contributed by atoms with Crippen molar-refractivity contribution in [3.63, 3.8) is 0 Å². The van der Waals surface area contributed by atoms with E-state index in [0.29, 0.717) is 9.84 Å². The first-order chi connectivity index (χ1) is 7.77. The van der Waals surface area contributed by atoms with Gasteiger partial charge in [-0.25, -0.2) is 0 Å². The Kier molecular flexibility index (Phi) is 4.04. The van der Waals surface area contributed by atoms with Crippen molar-refractivity contribution < 1.29 is 4.74 Å². The molecular formula is C14H15IO. The van der Waals surface area contributed by atoms with Crippen LogP contribution in [0, 0.1) is 5.92 Å². The van der Waals surface area contributed by atoms with Crippen molar-refractivity contribution in [1.82, 2.24) is 0 Å². The van der Waals surface area contributed by atoms with E-state index >= 15 is 0 Å². The van der Waals surface area contributed by atoms with Crippen LogP contribution in [0.2, 0.25) is 0 Å². The van der Waals surface area contributed by atoms with Gasteiger partial charge in [-0.3, -0.25) is 0 Å². The predicted molar refractivity (Wildman–Crippen MR) is 76.3 cm³/mol. The zero-order valence-corrected chi connectivity index (χ0v) is 11.4. The molecule has 0 aromatic carbocycles. The van der Waals surface area contributed by atoms with Crippen molar-refractivity contribution in [3.8, 4) is 0 Å². The molecule has 0 saturated heterocycles.